The number of benzene rings is 2. The number of carbonyl (C=O) groups is 1. The van der Waals surface area contributed by atoms with E-state index in [-0.39, 0.29) is 17.8 Å². The molecule has 0 fully saturated rings. The van der Waals surface area contributed by atoms with Gasteiger partial charge in [0.15, 0.2) is 11.6 Å². The van der Waals surface area contributed by atoms with Crippen molar-refractivity contribution in [2.24, 2.45) is 0 Å². The highest BCUT2D eigenvalue weighted by atomic mass is 19.1. The molecular formula is C19H23FN2O2. The third kappa shape index (κ3) is 4.04. The third-order valence-electron chi connectivity index (χ3n) is 3.94. The SMILES string of the molecule is COc1ccc(C(C)NC(=O)Nc2c(C)cc(C)cc2C)cc1F. The van der Waals surface area contributed by atoms with Gasteiger partial charge >= 0.3 is 6.03 Å². The van der Waals surface area contributed by atoms with Crippen LogP contribution in [-0.4, -0.2) is 13.1 Å². The Hall–Kier alpha value is -2.56. The number of amides is 2. The quantitative estimate of drug-likeness (QED) is 0.858. The van der Waals surface area contributed by atoms with Crippen molar-refractivity contribution in [3.8, 4) is 5.75 Å². The first-order chi connectivity index (χ1) is 11.3. The van der Waals surface area contributed by atoms with E-state index in [0.29, 0.717) is 5.56 Å². The topological polar surface area (TPSA) is 50.4 Å². The summed E-state index contributed by atoms with van der Waals surface area (Å²) < 4.78 is 18.7. The molecule has 1 unspecified atom stereocenters. The van der Waals surface area contributed by atoms with E-state index in [1.165, 1.54) is 13.2 Å². The molecule has 0 aliphatic heterocycles. The zero-order valence-corrected chi connectivity index (χ0v) is 14.7. The molecule has 2 aromatic rings. The first kappa shape index (κ1) is 17.8. The van der Waals surface area contributed by atoms with Crippen LogP contribution in [0.5, 0.6) is 5.75 Å². The predicted molar refractivity (Wildman–Crippen MR) is 94.2 cm³/mol. The molecule has 0 heterocycles. The van der Waals surface area contributed by atoms with Crippen LogP contribution in [0.2, 0.25) is 0 Å². The van der Waals surface area contributed by atoms with Gasteiger partial charge in [0, 0.05) is 5.69 Å². The van der Waals surface area contributed by atoms with Gasteiger partial charge in [-0.05, 0) is 56.5 Å². The lowest BCUT2D eigenvalue weighted by Gasteiger charge is -2.18. The molecule has 0 aliphatic carbocycles. The lowest BCUT2D eigenvalue weighted by Crippen LogP contribution is -2.31. The molecule has 0 aliphatic rings. The molecule has 2 aromatic carbocycles. The summed E-state index contributed by atoms with van der Waals surface area (Å²) in [4.78, 5) is 12.3. The number of carbonyl (C=O) groups excluding carboxylic acids is 1. The number of rotatable bonds is 4. The summed E-state index contributed by atoms with van der Waals surface area (Å²) >= 11 is 0. The van der Waals surface area contributed by atoms with Crippen LogP contribution in [0.3, 0.4) is 0 Å². The summed E-state index contributed by atoms with van der Waals surface area (Å²) in [5.74, 6) is -0.268. The average molecular weight is 330 g/mol. The van der Waals surface area contributed by atoms with Gasteiger partial charge < -0.3 is 15.4 Å². The van der Waals surface area contributed by atoms with Crippen LogP contribution in [-0.2, 0) is 0 Å². The normalized spacial score (nSPS) is 11.8. The van der Waals surface area contributed by atoms with Gasteiger partial charge in [0.05, 0.1) is 13.2 Å². The van der Waals surface area contributed by atoms with Gasteiger partial charge in [-0.25, -0.2) is 9.18 Å². The zero-order chi connectivity index (χ0) is 17.9. The largest absolute Gasteiger partial charge is 0.494 e. The summed E-state index contributed by atoms with van der Waals surface area (Å²) in [5.41, 5.74) is 4.63. The Balaban J connectivity index is 2.08. The van der Waals surface area contributed by atoms with Crippen molar-refractivity contribution in [1.29, 1.82) is 0 Å². The molecule has 0 aromatic heterocycles. The van der Waals surface area contributed by atoms with Crippen LogP contribution >= 0.6 is 0 Å². The van der Waals surface area contributed by atoms with E-state index >= 15 is 0 Å². The van der Waals surface area contributed by atoms with Gasteiger partial charge in [0.1, 0.15) is 0 Å². The van der Waals surface area contributed by atoms with Crippen LogP contribution < -0.4 is 15.4 Å². The summed E-state index contributed by atoms with van der Waals surface area (Å²) in [7, 11) is 1.42. The van der Waals surface area contributed by atoms with Crippen molar-refractivity contribution >= 4 is 11.7 Å². The highest BCUT2D eigenvalue weighted by Gasteiger charge is 2.14. The van der Waals surface area contributed by atoms with E-state index < -0.39 is 5.82 Å². The molecule has 0 radical (unpaired) electrons. The van der Waals surface area contributed by atoms with Crippen molar-refractivity contribution in [2.75, 3.05) is 12.4 Å². The maximum absolute atomic E-state index is 13.8. The van der Waals surface area contributed by atoms with Crippen molar-refractivity contribution in [3.63, 3.8) is 0 Å². The van der Waals surface area contributed by atoms with Gasteiger partial charge in [-0.1, -0.05) is 23.8 Å². The molecule has 0 spiro atoms. The van der Waals surface area contributed by atoms with Crippen LogP contribution in [0.25, 0.3) is 0 Å². The summed E-state index contributed by atoms with van der Waals surface area (Å²) in [6.07, 6.45) is 0. The van der Waals surface area contributed by atoms with E-state index in [9.17, 15) is 9.18 Å². The molecule has 2 amide bonds. The molecule has 24 heavy (non-hydrogen) atoms. The zero-order valence-electron chi connectivity index (χ0n) is 14.7. The lowest BCUT2D eigenvalue weighted by molar-refractivity contribution is 0.249. The number of hydrogen-bond donors (Lipinski definition) is 2. The summed E-state index contributed by atoms with van der Waals surface area (Å²) in [5, 5.41) is 5.70. The maximum atomic E-state index is 13.8. The molecule has 0 bridgehead atoms. The Labute approximate surface area is 142 Å². The highest BCUT2D eigenvalue weighted by molar-refractivity contribution is 5.91. The van der Waals surface area contributed by atoms with E-state index in [1.54, 1.807) is 19.1 Å². The first-order valence-corrected chi connectivity index (χ1v) is 7.80. The molecular weight excluding hydrogens is 307 g/mol. The van der Waals surface area contributed by atoms with Gasteiger partial charge in [-0.2, -0.15) is 0 Å². The Kier molecular flexibility index (Phi) is 5.44. The second-order valence-electron chi connectivity index (χ2n) is 5.99. The Bertz CT molecular complexity index is 736. The van der Waals surface area contributed by atoms with E-state index in [0.717, 1.165) is 22.4 Å². The second-order valence-corrected chi connectivity index (χ2v) is 5.99. The number of nitrogens with one attached hydrogen (secondary N) is 2. The maximum Gasteiger partial charge on any atom is 0.319 e. The number of halogens is 1. The standard InChI is InChI=1S/C19H23FN2O2/c1-11-8-12(2)18(13(3)9-11)22-19(23)21-14(4)15-6-7-17(24-5)16(20)10-15/h6-10,14H,1-5H3,(H2,21,22,23). The fourth-order valence-electron chi connectivity index (χ4n) is 2.76. The summed E-state index contributed by atoms with van der Waals surface area (Å²) in [6.45, 7) is 7.73. The molecule has 1 atom stereocenters. The van der Waals surface area contributed by atoms with Crippen LogP contribution in [0.1, 0.15) is 35.2 Å². The fraction of sp³-hybridized carbons (Fsp3) is 0.316. The van der Waals surface area contributed by atoms with Gasteiger partial charge in [0.2, 0.25) is 0 Å². The van der Waals surface area contributed by atoms with Crippen molar-refractivity contribution in [3.05, 3.63) is 58.4 Å². The predicted octanol–water partition coefficient (Wildman–Crippen LogP) is 4.64. The van der Waals surface area contributed by atoms with Crippen LogP contribution in [0.4, 0.5) is 14.9 Å². The first-order valence-electron chi connectivity index (χ1n) is 7.80. The number of hydrogen-bond acceptors (Lipinski definition) is 2. The number of aryl methyl sites for hydroxylation is 3. The molecule has 4 nitrogen and oxygen atoms in total. The second kappa shape index (κ2) is 7.34. The molecule has 0 saturated carbocycles. The number of anilines is 1. The molecule has 128 valence electrons. The van der Waals surface area contributed by atoms with Gasteiger partial charge in [0.25, 0.3) is 0 Å². The monoisotopic (exact) mass is 330 g/mol. The smallest absolute Gasteiger partial charge is 0.319 e. The van der Waals surface area contributed by atoms with Crippen molar-refractivity contribution in [1.82, 2.24) is 5.32 Å². The minimum Gasteiger partial charge on any atom is -0.494 e. The number of urea groups is 1. The van der Waals surface area contributed by atoms with E-state index in [2.05, 4.69) is 10.6 Å². The molecule has 0 saturated heterocycles. The van der Waals surface area contributed by atoms with Crippen LogP contribution in [0, 0.1) is 26.6 Å². The van der Waals surface area contributed by atoms with Gasteiger partial charge in [-0.3, -0.25) is 0 Å². The summed E-state index contributed by atoms with van der Waals surface area (Å²) in [6, 6.07) is 8.02. The highest BCUT2D eigenvalue weighted by Crippen LogP contribution is 2.23. The average Bonchev–Trinajstić information content (AvgIpc) is 2.50. The minimum absolute atomic E-state index is 0.182. The lowest BCUT2D eigenvalue weighted by atomic mass is 10.1. The Morgan fingerprint density at radius 2 is 1.75 bits per heavy atom. The van der Waals surface area contributed by atoms with Crippen LogP contribution in [0.15, 0.2) is 30.3 Å². The fourth-order valence-corrected chi connectivity index (χ4v) is 2.76. The molecule has 2 rings (SSSR count). The van der Waals surface area contributed by atoms with Crippen molar-refractivity contribution < 1.29 is 13.9 Å². The van der Waals surface area contributed by atoms with Gasteiger partial charge in [-0.15, -0.1) is 0 Å². The van der Waals surface area contributed by atoms with E-state index in [1.807, 2.05) is 32.9 Å². The number of methoxy groups -OCH3 is 1. The number of ether oxygens (including phenoxy) is 1. The molecule has 2 N–H and O–H groups in total. The Morgan fingerprint density at radius 3 is 2.29 bits per heavy atom. The minimum atomic E-state index is -0.450. The molecule has 5 heteroatoms. The Morgan fingerprint density at radius 1 is 1.12 bits per heavy atom. The third-order valence-corrected chi connectivity index (χ3v) is 3.94. The van der Waals surface area contributed by atoms with Crippen molar-refractivity contribution in [2.45, 2.75) is 33.7 Å². The van der Waals surface area contributed by atoms with E-state index in [4.69, 9.17) is 4.74 Å².